The maximum Gasteiger partial charge on any atom is 0.106 e. The average Bonchev–Trinajstić information content (AvgIpc) is 2.57. The third kappa shape index (κ3) is 5.19. The molecule has 98 valence electrons. The highest BCUT2D eigenvalue weighted by Gasteiger charge is 2.19. The molecule has 1 aromatic rings. The van der Waals surface area contributed by atoms with Crippen LogP contribution in [0.25, 0.3) is 0 Å². The summed E-state index contributed by atoms with van der Waals surface area (Å²) in [6.45, 7) is 11.6. The van der Waals surface area contributed by atoms with Gasteiger partial charge >= 0.3 is 0 Å². The summed E-state index contributed by atoms with van der Waals surface area (Å²) in [5, 5.41) is 0. The normalized spacial score (nSPS) is 15.9. The van der Waals surface area contributed by atoms with E-state index in [1.165, 1.54) is 9.75 Å². The van der Waals surface area contributed by atoms with E-state index in [1.807, 2.05) is 6.92 Å². The minimum Gasteiger partial charge on any atom is -0.371 e. The maximum atomic E-state index is 6.01. The van der Waals surface area contributed by atoms with Gasteiger partial charge in [-0.05, 0) is 37.8 Å². The standard InChI is InChI=1S/C14H25NOS/c1-10-6-7-12(17-10)13(11(2)15)16-9-8-14(3,4)5/h6-7,11,13H,8-9,15H2,1-5H3. The topological polar surface area (TPSA) is 35.2 Å². The van der Waals surface area contributed by atoms with Crippen molar-refractivity contribution in [1.82, 2.24) is 0 Å². The molecule has 0 spiro atoms. The van der Waals surface area contributed by atoms with Crippen LogP contribution in [0.3, 0.4) is 0 Å². The molecule has 1 heterocycles. The van der Waals surface area contributed by atoms with Crippen LogP contribution in [-0.4, -0.2) is 12.6 Å². The molecule has 2 unspecified atom stereocenters. The fraction of sp³-hybridized carbons (Fsp3) is 0.714. The first-order chi connectivity index (χ1) is 7.79. The Kier molecular flexibility index (Phi) is 5.17. The maximum absolute atomic E-state index is 6.01. The number of nitrogens with two attached hydrogens (primary N) is 1. The predicted molar refractivity (Wildman–Crippen MR) is 75.5 cm³/mol. The van der Waals surface area contributed by atoms with Crippen molar-refractivity contribution in [3.05, 3.63) is 21.9 Å². The lowest BCUT2D eigenvalue weighted by molar-refractivity contribution is 0.0263. The largest absolute Gasteiger partial charge is 0.371 e. The highest BCUT2D eigenvalue weighted by Crippen LogP contribution is 2.29. The Labute approximate surface area is 109 Å². The molecule has 0 aliphatic heterocycles. The molecule has 0 radical (unpaired) electrons. The van der Waals surface area contributed by atoms with Crippen LogP contribution in [0.2, 0.25) is 0 Å². The smallest absolute Gasteiger partial charge is 0.106 e. The van der Waals surface area contributed by atoms with Gasteiger partial charge in [0.05, 0.1) is 0 Å². The molecule has 2 N–H and O–H groups in total. The number of rotatable bonds is 5. The molecule has 0 saturated heterocycles. The molecule has 0 aromatic carbocycles. The Balaban J connectivity index is 2.56. The van der Waals surface area contributed by atoms with Crippen LogP contribution >= 0.6 is 11.3 Å². The van der Waals surface area contributed by atoms with E-state index in [-0.39, 0.29) is 12.1 Å². The second-order valence-corrected chi connectivity index (χ2v) is 7.23. The summed E-state index contributed by atoms with van der Waals surface area (Å²) in [6.07, 6.45) is 1.09. The van der Waals surface area contributed by atoms with Crippen molar-refractivity contribution in [2.45, 2.75) is 53.2 Å². The molecular formula is C14H25NOS. The molecule has 1 rings (SSSR count). The molecule has 1 aromatic heterocycles. The van der Waals surface area contributed by atoms with Crippen molar-refractivity contribution < 1.29 is 4.74 Å². The van der Waals surface area contributed by atoms with Crippen molar-refractivity contribution in [1.29, 1.82) is 0 Å². The lowest BCUT2D eigenvalue weighted by Crippen LogP contribution is -2.27. The van der Waals surface area contributed by atoms with Crippen LogP contribution in [0.4, 0.5) is 0 Å². The first-order valence-electron chi connectivity index (χ1n) is 6.23. The first-order valence-corrected chi connectivity index (χ1v) is 7.05. The van der Waals surface area contributed by atoms with E-state index in [9.17, 15) is 0 Å². The van der Waals surface area contributed by atoms with E-state index in [0.717, 1.165) is 13.0 Å². The van der Waals surface area contributed by atoms with E-state index < -0.39 is 0 Å². The van der Waals surface area contributed by atoms with Crippen LogP contribution in [0, 0.1) is 12.3 Å². The van der Waals surface area contributed by atoms with Gasteiger partial charge < -0.3 is 10.5 Å². The molecule has 3 heteroatoms. The van der Waals surface area contributed by atoms with Gasteiger partial charge in [0.2, 0.25) is 0 Å². The van der Waals surface area contributed by atoms with E-state index in [4.69, 9.17) is 10.5 Å². The monoisotopic (exact) mass is 255 g/mol. The second kappa shape index (κ2) is 5.98. The predicted octanol–water partition coefficient (Wildman–Crippen LogP) is 3.90. The SMILES string of the molecule is Cc1ccc(C(OCCC(C)(C)C)C(C)N)s1. The Hall–Kier alpha value is -0.380. The van der Waals surface area contributed by atoms with Gasteiger partial charge in [0.15, 0.2) is 0 Å². The minimum absolute atomic E-state index is 0.0352. The summed E-state index contributed by atoms with van der Waals surface area (Å²) in [6, 6.07) is 4.29. The summed E-state index contributed by atoms with van der Waals surface area (Å²) in [7, 11) is 0. The van der Waals surface area contributed by atoms with Gasteiger partial charge in [-0.15, -0.1) is 11.3 Å². The molecule has 17 heavy (non-hydrogen) atoms. The van der Waals surface area contributed by atoms with E-state index in [0.29, 0.717) is 5.41 Å². The molecule has 2 atom stereocenters. The number of thiophene rings is 1. The molecule has 0 aliphatic rings. The Bertz CT molecular complexity index is 338. The fourth-order valence-corrected chi connectivity index (χ4v) is 2.63. The van der Waals surface area contributed by atoms with Gasteiger partial charge in [0, 0.05) is 22.4 Å². The van der Waals surface area contributed by atoms with E-state index >= 15 is 0 Å². The van der Waals surface area contributed by atoms with Crippen molar-refractivity contribution in [3.63, 3.8) is 0 Å². The van der Waals surface area contributed by atoms with Crippen molar-refractivity contribution >= 4 is 11.3 Å². The summed E-state index contributed by atoms with van der Waals surface area (Å²) < 4.78 is 5.96. The van der Waals surface area contributed by atoms with Gasteiger partial charge in [-0.1, -0.05) is 20.8 Å². The van der Waals surface area contributed by atoms with Crippen LogP contribution in [0.15, 0.2) is 12.1 Å². The Morgan fingerprint density at radius 2 is 2.00 bits per heavy atom. The van der Waals surface area contributed by atoms with Gasteiger partial charge in [0.25, 0.3) is 0 Å². The van der Waals surface area contributed by atoms with Gasteiger partial charge in [0.1, 0.15) is 6.10 Å². The van der Waals surface area contributed by atoms with Crippen LogP contribution in [-0.2, 0) is 4.74 Å². The summed E-state index contributed by atoms with van der Waals surface area (Å²) >= 11 is 1.78. The van der Waals surface area contributed by atoms with E-state index in [1.54, 1.807) is 11.3 Å². The fourth-order valence-electron chi connectivity index (χ4n) is 1.59. The number of ether oxygens (including phenoxy) is 1. The van der Waals surface area contributed by atoms with E-state index in [2.05, 4.69) is 39.8 Å². The molecule has 0 amide bonds. The number of aryl methyl sites for hydroxylation is 1. The lowest BCUT2D eigenvalue weighted by Gasteiger charge is -2.23. The zero-order valence-electron chi connectivity index (χ0n) is 11.6. The van der Waals surface area contributed by atoms with Crippen LogP contribution < -0.4 is 5.73 Å². The van der Waals surface area contributed by atoms with Crippen LogP contribution in [0.5, 0.6) is 0 Å². The van der Waals surface area contributed by atoms with Crippen LogP contribution in [0.1, 0.15) is 50.0 Å². The minimum atomic E-state index is 0.0352. The summed E-state index contributed by atoms with van der Waals surface area (Å²) in [4.78, 5) is 2.55. The van der Waals surface area contributed by atoms with Crippen molar-refractivity contribution in [3.8, 4) is 0 Å². The molecule has 0 bridgehead atoms. The molecule has 2 nitrogen and oxygen atoms in total. The summed E-state index contributed by atoms with van der Waals surface area (Å²) in [5.41, 5.74) is 6.32. The molecular weight excluding hydrogens is 230 g/mol. The highest BCUT2D eigenvalue weighted by atomic mass is 32.1. The number of hydrogen-bond acceptors (Lipinski definition) is 3. The Morgan fingerprint density at radius 1 is 1.35 bits per heavy atom. The highest BCUT2D eigenvalue weighted by molar-refractivity contribution is 7.12. The molecule has 0 fully saturated rings. The molecule has 0 aliphatic carbocycles. The zero-order valence-corrected chi connectivity index (χ0v) is 12.4. The first kappa shape index (κ1) is 14.7. The van der Waals surface area contributed by atoms with Gasteiger partial charge in [-0.3, -0.25) is 0 Å². The van der Waals surface area contributed by atoms with Crippen molar-refractivity contribution in [2.24, 2.45) is 11.1 Å². The zero-order chi connectivity index (χ0) is 13.1. The van der Waals surface area contributed by atoms with Crippen molar-refractivity contribution in [2.75, 3.05) is 6.61 Å². The second-order valence-electron chi connectivity index (χ2n) is 5.91. The van der Waals surface area contributed by atoms with Gasteiger partial charge in [-0.2, -0.15) is 0 Å². The van der Waals surface area contributed by atoms with Gasteiger partial charge in [-0.25, -0.2) is 0 Å². The lowest BCUT2D eigenvalue weighted by atomic mass is 9.93. The third-order valence-electron chi connectivity index (χ3n) is 2.67. The third-order valence-corrected chi connectivity index (χ3v) is 3.73. The average molecular weight is 255 g/mol. The number of hydrogen-bond donors (Lipinski definition) is 1. The summed E-state index contributed by atoms with van der Waals surface area (Å²) in [5.74, 6) is 0. The Morgan fingerprint density at radius 3 is 2.41 bits per heavy atom. The quantitative estimate of drug-likeness (QED) is 0.866. The molecule has 0 saturated carbocycles.